The van der Waals surface area contributed by atoms with E-state index in [0.29, 0.717) is 17.8 Å². The van der Waals surface area contributed by atoms with E-state index < -0.39 is 0 Å². The molecule has 116 valence electrons. The normalized spacial score (nSPS) is 13.4. The Bertz CT molecular complexity index is 759. The highest BCUT2D eigenvalue weighted by molar-refractivity contribution is 8.14. The second-order valence-corrected chi connectivity index (χ2v) is 5.83. The molecule has 7 heteroatoms. The van der Waals surface area contributed by atoms with E-state index in [1.54, 1.807) is 6.07 Å². The maximum atomic E-state index is 12.9. The summed E-state index contributed by atoms with van der Waals surface area (Å²) >= 11 is 1.33. The molecule has 1 aliphatic rings. The Kier molecular flexibility index (Phi) is 4.77. The van der Waals surface area contributed by atoms with Crippen LogP contribution in [0.2, 0.25) is 0 Å². The number of thioether (sulfide) groups is 1. The molecule has 1 aromatic heterocycles. The lowest BCUT2D eigenvalue weighted by Crippen LogP contribution is -2.15. The fraction of sp³-hybridized carbons (Fsp3) is 0.125. The molecule has 0 bridgehead atoms. The van der Waals surface area contributed by atoms with Gasteiger partial charge in [-0.1, -0.05) is 30.0 Å². The summed E-state index contributed by atoms with van der Waals surface area (Å²) in [5.74, 6) is -0.231. The van der Waals surface area contributed by atoms with Crippen molar-refractivity contribution in [1.29, 1.82) is 0 Å². The average Bonchev–Trinajstić information content (AvgIpc) is 3.04. The summed E-state index contributed by atoms with van der Waals surface area (Å²) in [5.41, 5.74) is 2.04. The molecule has 0 saturated heterocycles. The van der Waals surface area contributed by atoms with Gasteiger partial charge in [-0.15, -0.1) is 5.10 Å². The maximum absolute atomic E-state index is 12.9. The molecule has 1 N–H and O–H groups in total. The van der Waals surface area contributed by atoms with Crippen LogP contribution in [0.5, 0.6) is 0 Å². The van der Waals surface area contributed by atoms with Gasteiger partial charge in [0.05, 0.1) is 23.4 Å². The quantitative estimate of drug-likeness (QED) is 0.938. The topological polar surface area (TPSA) is 66.7 Å². The maximum Gasteiger partial charge on any atom is 0.234 e. The minimum Gasteiger partial charge on any atom is -0.325 e. The summed E-state index contributed by atoms with van der Waals surface area (Å²) in [6, 6.07) is 12.2. The number of halogens is 1. The molecule has 0 radical (unpaired) electrons. The average molecular weight is 328 g/mol. The number of hydrogen-bond acceptors (Lipinski definition) is 5. The molecule has 1 amide bonds. The smallest absolute Gasteiger partial charge is 0.234 e. The van der Waals surface area contributed by atoms with Crippen molar-refractivity contribution in [3.63, 3.8) is 0 Å². The molecular formula is C16H13FN4OS. The number of pyridine rings is 1. The summed E-state index contributed by atoms with van der Waals surface area (Å²) in [7, 11) is 0. The number of amides is 1. The lowest BCUT2D eigenvalue weighted by molar-refractivity contribution is -0.113. The number of nitrogens with zero attached hydrogens (tertiary/aromatic N) is 3. The summed E-state index contributed by atoms with van der Waals surface area (Å²) < 4.78 is 12.9. The van der Waals surface area contributed by atoms with Crippen LogP contribution in [0.25, 0.3) is 0 Å². The van der Waals surface area contributed by atoms with E-state index in [2.05, 4.69) is 20.5 Å². The van der Waals surface area contributed by atoms with Crippen LogP contribution in [-0.4, -0.2) is 27.4 Å². The van der Waals surface area contributed by atoms with Gasteiger partial charge in [0.25, 0.3) is 0 Å². The zero-order valence-corrected chi connectivity index (χ0v) is 12.9. The van der Waals surface area contributed by atoms with E-state index in [0.717, 1.165) is 16.9 Å². The van der Waals surface area contributed by atoms with Gasteiger partial charge in [-0.25, -0.2) is 4.39 Å². The van der Waals surface area contributed by atoms with Gasteiger partial charge in [-0.3, -0.25) is 9.78 Å². The first-order valence-electron chi connectivity index (χ1n) is 6.94. The first kappa shape index (κ1) is 15.4. The van der Waals surface area contributed by atoms with Crippen molar-refractivity contribution in [3.05, 3.63) is 60.2 Å². The number of rotatable bonds is 4. The third-order valence-electron chi connectivity index (χ3n) is 3.05. The third-order valence-corrected chi connectivity index (χ3v) is 4.02. The van der Waals surface area contributed by atoms with Crippen LogP contribution >= 0.6 is 11.8 Å². The minimum atomic E-state index is -0.388. The highest BCUT2D eigenvalue weighted by atomic mass is 32.2. The molecule has 2 heterocycles. The predicted molar refractivity (Wildman–Crippen MR) is 90.3 cm³/mol. The molecule has 23 heavy (non-hydrogen) atoms. The number of nitrogens with one attached hydrogen (secondary N) is 1. The molecule has 3 rings (SSSR count). The number of carbonyl (C=O) groups is 1. The molecule has 0 unspecified atom stereocenters. The number of anilines is 1. The summed E-state index contributed by atoms with van der Waals surface area (Å²) in [5, 5.41) is 11.6. The van der Waals surface area contributed by atoms with Crippen molar-refractivity contribution in [2.24, 2.45) is 10.2 Å². The minimum absolute atomic E-state index is 0.0998. The molecule has 0 aliphatic carbocycles. The number of benzene rings is 1. The molecule has 1 aliphatic heterocycles. The van der Waals surface area contributed by atoms with Gasteiger partial charge in [0.1, 0.15) is 10.9 Å². The molecule has 2 aromatic rings. The molecular weight excluding hydrogens is 315 g/mol. The molecule has 0 fully saturated rings. The Morgan fingerprint density at radius 2 is 2.00 bits per heavy atom. The standard InChI is InChI=1S/C16H13FN4OS/c17-11-6-7-13(18-9-11)14-8-16(21-20-14)23-10-15(22)19-12-4-2-1-3-5-12/h1-7,9H,8,10H2,(H,19,22). The van der Waals surface area contributed by atoms with E-state index in [1.165, 1.54) is 17.8 Å². The fourth-order valence-electron chi connectivity index (χ4n) is 1.97. The monoisotopic (exact) mass is 328 g/mol. The Morgan fingerprint density at radius 3 is 2.74 bits per heavy atom. The molecule has 5 nitrogen and oxygen atoms in total. The first-order chi connectivity index (χ1) is 11.2. The van der Waals surface area contributed by atoms with Gasteiger partial charge in [0.2, 0.25) is 5.91 Å². The van der Waals surface area contributed by atoms with Gasteiger partial charge in [0.15, 0.2) is 0 Å². The third kappa shape index (κ3) is 4.23. The van der Waals surface area contributed by atoms with Crippen molar-refractivity contribution in [1.82, 2.24) is 4.98 Å². The van der Waals surface area contributed by atoms with Crippen molar-refractivity contribution < 1.29 is 9.18 Å². The second kappa shape index (κ2) is 7.15. The number of hydrogen-bond donors (Lipinski definition) is 1. The van der Waals surface area contributed by atoms with Crippen LogP contribution < -0.4 is 5.32 Å². The lowest BCUT2D eigenvalue weighted by Gasteiger charge is -2.04. The van der Waals surface area contributed by atoms with E-state index in [4.69, 9.17) is 0 Å². The van der Waals surface area contributed by atoms with E-state index in [-0.39, 0.29) is 17.5 Å². The zero-order valence-electron chi connectivity index (χ0n) is 12.1. The Balaban J connectivity index is 1.47. The van der Waals surface area contributed by atoms with Crippen LogP contribution in [0.3, 0.4) is 0 Å². The fourth-order valence-corrected chi connectivity index (χ4v) is 2.67. The highest BCUT2D eigenvalue weighted by Crippen LogP contribution is 2.18. The molecule has 0 saturated carbocycles. The zero-order chi connectivity index (χ0) is 16.1. The van der Waals surface area contributed by atoms with Crippen molar-refractivity contribution in [3.8, 4) is 0 Å². The van der Waals surface area contributed by atoms with Crippen LogP contribution in [-0.2, 0) is 4.79 Å². The van der Waals surface area contributed by atoms with Gasteiger partial charge < -0.3 is 5.32 Å². The van der Waals surface area contributed by atoms with Gasteiger partial charge in [-0.2, -0.15) is 5.10 Å². The van der Waals surface area contributed by atoms with Crippen LogP contribution in [0.1, 0.15) is 12.1 Å². The summed E-state index contributed by atoms with van der Waals surface area (Å²) in [6.07, 6.45) is 1.65. The summed E-state index contributed by atoms with van der Waals surface area (Å²) in [6.45, 7) is 0. The van der Waals surface area contributed by atoms with Crippen molar-refractivity contribution in [2.45, 2.75) is 6.42 Å². The number of para-hydroxylation sites is 1. The number of carbonyl (C=O) groups excluding carboxylic acids is 1. The number of aromatic nitrogens is 1. The van der Waals surface area contributed by atoms with E-state index >= 15 is 0 Å². The molecule has 1 aromatic carbocycles. The van der Waals surface area contributed by atoms with Crippen LogP contribution in [0, 0.1) is 5.82 Å². The van der Waals surface area contributed by atoms with Crippen LogP contribution in [0.15, 0.2) is 58.9 Å². The van der Waals surface area contributed by atoms with E-state index in [1.807, 2.05) is 30.3 Å². The predicted octanol–water partition coefficient (Wildman–Crippen LogP) is 3.10. The largest absolute Gasteiger partial charge is 0.325 e. The highest BCUT2D eigenvalue weighted by Gasteiger charge is 2.17. The Labute approximate surface area is 136 Å². The second-order valence-electron chi connectivity index (χ2n) is 4.78. The first-order valence-corrected chi connectivity index (χ1v) is 7.92. The van der Waals surface area contributed by atoms with Gasteiger partial charge >= 0.3 is 0 Å². The van der Waals surface area contributed by atoms with Gasteiger partial charge in [-0.05, 0) is 24.3 Å². The van der Waals surface area contributed by atoms with Crippen LogP contribution in [0.4, 0.5) is 10.1 Å². The van der Waals surface area contributed by atoms with Crippen molar-refractivity contribution in [2.75, 3.05) is 11.1 Å². The molecule has 0 atom stereocenters. The molecule has 0 spiro atoms. The van der Waals surface area contributed by atoms with E-state index in [9.17, 15) is 9.18 Å². The summed E-state index contributed by atoms with van der Waals surface area (Å²) in [4.78, 5) is 15.9. The van der Waals surface area contributed by atoms with Gasteiger partial charge in [0, 0.05) is 12.1 Å². The Morgan fingerprint density at radius 1 is 1.17 bits per heavy atom. The lowest BCUT2D eigenvalue weighted by atomic mass is 10.2. The van der Waals surface area contributed by atoms with Crippen molar-refractivity contribution >= 4 is 34.1 Å². The SMILES string of the molecule is O=C(CSC1=NN=C(c2ccc(F)cn2)C1)Nc1ccccc1. The Hall–Kier alpha value is -2.54.